The number of aryl methyl sites for hydroxylation is 1. The zero-order valence-corrected chi connectivity index (χ0v) is 8.75. The van der Waals surface area contributed by atoms with E-state index in [4.69, 9.17) is 10.8 Å². The van der Waals surface area contributed by atoms with Crippen LogP contribution in [0.1, 0.15) is 23.6 Å². The number of carbonyl (C=O) groups is 1. The second kappa shape index (κ2) is 5.62. The molecule has 0 unspecified atom stereocenters. The summed E-state index contributed by atoms with van der Waals surface area (Å²) in [5.74, 6) is -0.867. The summed E-state index contributed by atoms with van der Waals surface area (Å²) in [7, 11) is 0. The maximum Gasteiger partial charge on any atom is 0.305 e. The molecule has 0 fully saturated rings. The molecule has 0 saturated carbocycles. The van der Waals surface area contributed by atoms with E-state index < -0.39 is 12.0 Å². The first-order valence-corrected chi connectivity index (χ1v) is 4.13. The van der Waals surface area contributed by atoms with E-state index in [1.165, 1.54) is 0 Å². The van der Waals surface area contributed by atoms with Crippen molar-refractivity contribution in [2.24, 2.45) is 5.73 Å². The highest BCUT2D eigenvalue weighted by Crippen LogP contribution is 2.14. The summed E-state index contributed by atoms with van der Waals surface area (Å²) in [6, 6.07) is 7.19. The molecule has 0 bridgehead atoms. The predicted octanol–water partition coefficient (Wildman–Crippen LogP) is 1.89. The van der Waals surface area contributed by atoms with Crippen LogP contribution >= 0.6 is 12.4 Å². The molecule has 0 aliphatic heterocycles. The molecule has 1 rings (SSSR count). The van der Waals surface area contributed by atoms with Gasteiger partial charge in [-0.25, -0.2) is 0 Å². The van der Waals surface area contributed by atoms with E-state index in [2.05, 4.69) is 0 Å². The Hall–Kier alpha value is -1.06. The summed E-state index contributed by atoms with van der Waals surface area (Å²) in [4.78, 5) is 10.4. The van der Waals surface area contributed by atoms with Crippen LogP contribution in [-0.2, 0) is 4.79 Å². The van der Waals surface area contributed by atoms with Crippen molar-refractivity contribution < 1.29 is 9.90 Å². The molecule has 1 aromatic carbocycles. The predicted molar refractivity (Wildman–Crippen MR) is 57.6 cm³/mol. The Kier molecular flexibility index (Phi) is 5.20. The molecular formula is C10H14ClNO2. The first kappa shape index (κ1) is 12.9. The Morgan fingerprint density at radius 1 is 1.57 bits per heavy atom. The van der Waals surface area contributed by atoms with Crippen molar-refractivity contribution in [2.75, 3.05) is 0 Å². The Labute approximate surface area is 89.3 Å². The molecule has 0 aliphatic rings. The third-order valence-corrected chi connectivity index (χ3v) is 1.86. The van der Waals surface area contributed by atoms with Crippen LogP contribution in [0.15, 0.2) is 24.3 Å². The van der Waals surface area contributed by atoms with Crippen molar-refractivity contribution in [3.63, 3.8) is 0 Å². The van der Waals surface area contributed by atoms with E-state index in [1.54, 1.807) is 0 Å². The number of nitrogens with two attached hydrogens (primary N) is 1. The van der Waals surface area contributed by atoms with Gasteiger partial charge in [-0.15, -0.1) is 12.4 Å². The summed E-state index contributed by atoms with van der Waals surface area (Å²) in [6.07, 6.45) is -0.0244. The van der Waals surface area contributed by atoms with Gasteiger partial charge in [-0.3, -0.25) is 4.79 Å². The van der Waals surface area contributed by atoms with Crippen LogP contribution in [0, 0.1) is 6.92 Å². The highest BCUT2D eigenvalue weighted by Gasteiger charge is 2.09. The number of carboxylic acid groups (broad SMARTS) is 1. The summed E-state index contributed by atoms with van der Waals surface area (Å²) in [5, 5.41) is 8.53. The summed E-state index contributed by atoms with van der Waals surface area (Å²) >= 11 is 0. The number of benzene rings is 1. The average molecular weight is 216 g/mol. The van der Waals surface area contributed by atoms with Gasteiger partial charge in [0.15, 0.2) is 0 Å². The van der Waals surface area contributed by atoms with Crippen LogP contribution in [-0.4, -0.2) is 11.1 Å². The zero-order valence-electron chi connectivity index (χ0n) is 7.93. The van der Waals surface area contributed by atoms with E-state index in [9.17, 15) is 4.79 Å². The summed E-state index contributed by atoms with van der Waals surface area (Å²) in [5.41, 5.74) is 7.66. The van der Waals surface area contributed by atoms with Crippen LogP contribution in [0.25, 0.3) is 0 Å². The standard InChI is InChI=1S/C10H13NO2.ClH/c1-7-3-2-4-8(5-7)9(11)6-10(12)13;/h2-5,9H,6,11H2,1H3,(H,12,13);1H/t9-;/m1./s1. The normalized spacial score (nSPS) is 11.6. The van der Waals surface area contributed by atoms with Crippen molar-refractivity contribution in [1.29, 1.82) is 0 Å². The van der Waals surface area contributed by atoms with Crippen LogP contribution in [0.4, 0.5) is 0 Å². The minimum atomic E-state index is -0.867. The van der Waals surface area contributed by atoms with Gasteiger partial charge in [-0.05, 0) is 12.5 Å². The van der Waals surface area contributed by atoms with Crippen molar-refractivity contribution in [2.45, 2.75) is 19.4 Å². The topological polar surface area (TPSA) is 63.3 Å². The monoisotopic (exact) mass is 215 g/mol. The molecule has 3 N–H and O–H groups in total. The lowest BCUT2D eigenvalue weighted by Crippen LogP contribution is -2.14. The second-order valence-corrected chi connectivity index (χ2v) is 3.12. The van der Waals surface area contributed by atoms with Crippen LogP contribution in [0.3, 0.4) is 0 Å². The first-order chi connectivity index (χ1) is 6.09. The number of rotatable bonds is 3. The summed E-state index contributed by atoms with van der Waals surface area (Å²) in [6.45, 7) is 1.96. The van der Waals surface area contributed by atoms with Gasteiger partial charge in [-0.1, -0.05) is 29.8 Å². The quantitative estimate of drug-likeness (QED) is 0.810. The summed E-state index contributed by atoms with van der Waals surface area (Å²) < 4.78 is 0. The van der Waals surface area contributed by atoms with Gasteiger partial charge in [0.25, 0.3) is 0 Å². The van der Waals surface area contributed by atoms with Gasteiger partial charge in [0.2, 0.25) is 0 Å². The van der Waals surface area contributed by atoms with E-state index >= 15 is 0 Å². The average Bonchev–Trinajstić information content (AvgIpc) is 2.03. The van der Waals surface area contributed by atoms with Gasteiger partial charge in [0.05, 0.1) is 6.42 Å². The van der Waals surface area contributed by atoms with Gasteiger partial charge < -0.3 is 10.8 Å². The van der Waals surface area contributed by atoms with Crippen molar-refractivity contribution in [1.82, 2.24) is 0 Å². The van der Waals surface area contributed by atoms with Gasteiger partial charge in [0.1, 0.15) is 0 Å². The zero-order chi connectivity index (χ0) is 9.84. The largest absolute Gasteiger partial charge is 0.481 e. The van der Waals surface area contributed by atoms with E-state index in [0.29, 0.717) is 0 Å². The SMILES string of the molecule is Cc1cccc([C@H](N)CC(=O)O)c1.Cl. The molecule has 0 radical (unpaired) electrons. The Balaban J connectivity index is 0.00000169. The molecule has 78 valence electrons. The minimum Gasteiger partial charge on any atom is -0.481 e. The lowest BCUT2D eigenvalue weighted by atomic mass is 10.0. The number of halogens is 1. The smallest absolute Gasteiger partial charge is 0.305 e. The highest BCUT2D eigenvalue weighted by atomic mass is 35.5. The van der Waals surface area contributed by atoms with Crippen LogP contribution in [0.5, 0.6) is 0 Å². The Morgan fingerprint density at radius 2 is 2.21 bits per heavy atom. The minimum absolute atomic E-state index is 0. The fourth-order valence-electron chi connectivity index (χ4n) is 1.21. The number of hydrogen-bond acceptors (Lipinski definition) is 2. The lowest BCUT2D eigenvalue weighted by Gasteiger charge is -2.09. The number of carboxylic acids is 1. The van der Waals surface area contributed by atoms with Gasteiger partial charge in [-0.2, -0.15) is 0 Å². The third-order valence-electron chi connectivity index (χ3n) is 1.86. The van der Waals surface area contributed by atoms with Crippen molar-refractivity contribution in [3.05, 3.63) is 35.4 Å². The van der Waals surface area contributed by atoms with Crippen LogP contribution in [0.2, 0.25) is 0 Å². The molecule has 4 heteroatoms. The van der Waals surface area contributed by atoms with E-state index in [0.717, 1.165) is 11.1 Å². The molecular weight excluding hydrogens is 202 g/mol. The van der Waals surface area contributed by atoms with E-state index in [-0.39, 0.29) is 18.8 Å². The molecule has 0 aromatic heterocycles. The van der Waals surface area contributed by atoms with Gasteiger partial charge >= 0.3 is 5.97 Å². The van der Waals surface area contributed by atoms with Crippen LogP contribution < -0.4 is 5.73 Å². The molecule has 14 heavy (non-hydrogen) atoms. The lowest BCUT2D eigenvalue weighted by molar-refractivity contribution is -0.137. The molecule has 1 aromatic rings. The number of aliphatic carboxylic acids is 1. The second-order valence-electron chi connectivity index (χ2n) is 3.12. The molecule has 0 heterocycles. The van der Waals surface area contributed by atoms with Gasteiger partial charge in [0, 0.05) is 6.04 Å². The fraction of sp³-hybridized carbons (Fsp3) is 0.300. The third kappa shape index (κ3) is 3.77. The van der Waals surface area contributed by atoms with Crippen molar-refractivity contribution >= 4 is 18.4 Å². The molecule has 0 saturated heterocycles. The van der Waals surface area contributed by atoms with E-state index in [1.807, 2.05) is 31.2 Å². The maximum absolute atomic E-state index is 10.4. The molecule has 0 amide bonds. The molecule has 0 aliphatic carbocycles. The Bertz CT molecular complexity index is 315. The maximum atomic E-state index is 10.4. The fourth-order valence-corrected chi connectivity index (χ4v) is 1.21. The van der Waals surface area contributed by atoms with Crippen molar-refractivity contribution in [3.8, 4) is 0 Å². The molecule has 3 nitrogen and oxygen atoms in total. The highest BCUT2D eigenvalue weighted by molar-refractivity contribution is 5.85. The Morgan fingerprint density at radius 3 is 2.71 bits per heavy atom. The molecule has 0 spiro atoms. The first-order valence-electron chi connectivity index (χ1n) is 4.13. The molecule has 1 atom stereocenters. The number of hydrogen-bond donors (Lipinski definition) is 2.